The van der Waals surface area contributed by atoms with Crippen molar-refractivity contribution in [3.63, 3.8) is 0 Å². The summed E-state index contributed by atoms with van der Waals surface area (Å²) in [6.45, 7) is 26.0. The Balaban J connectivity index is 0.000000575. The Labute approximate surface area is 335 Å². The van der Waals surface area contributed by atoms with Crippen molar-refractivity contribution >= 4 is 40.4 Å². The minimum atomic E-state index is -1.29. The quantitative estimate of drug-likeness (QED) is 0.142. The average Bonchev–Trinajstić information content (AvgIpc) is 3.35. The first kappa shape index (κ1) is 47.1. The molecule has 306 valence electrons. The van der Waals surface area contributed by atoms with Gasteiger partial charge in [-0.25, -0.2) is 24.4 Å². The lowest BCUT2D eigenvalue weighted by atomic mass is 9.99. The van der Waals surface area contributed by atoms with Crippen LogP contribution in [0.1, 0.15) is 114 Å². The van der Waals surface area contributed by atoms with Crippen LogP contribution in [0.25, 0.3) is 11.0 Å². The van der Waals surface area contributed by atoms with Gasteiger partial charge in [0.2, 0.25) is 0 Å². The molecule has 1 aromatic carbocycles. The lowest BCUT2D eigenvalue weighted by Gasteiger charge is -2.24. The molecule has 2 aliphatic heterocycles. The predicted molar refractivity (Wildman–Crippen MR) is 233 cm³/mol. The smallest absolute Gasteiger partial charge is 0.172 e. The van der Waals surface area contributed by atoms with Crippen LogP contribution < -0.4 is 19.7 Å². The molecule has 0 amide bonds. The molecule has 11 heteroatoms. The molecule has 0 fully saturated rings. The number of unbranched alkanes of at least 4 members (excludes halogenated alkanes) is 1. The first-order valence-electron chi connectivity index (χ1n) is 20.3. The first-order chi connectivity index (χ1) is 26.9. The van der Waals surface area contributed by atoms with Gasteiger partial charge < -0.3 is 19.7 Å². The summed E-state index contributed by atoms with van der Waals surface area (Å²) in [7, 11) is 0. The molecule has 5 rings (SSSR count). The van der Waals surface area contributed by atoms with Gasteiger partial charge in [0.1, 0.15) is 29.0 Å². The molecule has 1 N–H and O–H groups in total. The van der Waals surface area contributed by atoms with Crippen molar-refractivity contribution in [3.05, 3.63) is 84.2 Å². The summed E-state index contributed by atoms with van der Waals surface area (Å²) in [5, 5.41) is 9.60. The van der Waals surface area contributed by atoms with E-state index >= 15 is 0 Å². The Hall–Kier alpha value is -5.06. The zero-order valence-electron chi connectivity index (χ0n) is 35.9. The van der Waals surface area contributed by atoms with Crippen molar-refractivity contribution in [2.45, 2.75) is 121 Å². The van der Waals surface area contributed by atoms with E-state index < -0.39 is 5.67 Å². The van der Waals surface area contributed by atoms with Crippen molar-refractivity contribution in [2.24, 2.45) is 11.0 Å². The summed E-state index contributed by atoms with van der Waals surface area (Å²) in [5.74, 6) is 4.13. The summed E-state index contributed by atoms with van der Waals surface area (Å²) in [6, 6.07) is 7.97. The number of ketones is 1. The molecule has 0 radical (unpaired) electrons. The van der Waals surface area contributed by atoms with Crippen molar-refractivity contribution in [1.82, 2.24) is 20.0 Å². The van der Waals surface area contributed by atoms with Gasteiger partial charge in [0.25, 0.3) is 0 Å². The van der Waals surface area contributed by atoms with Crippen molar-refractivity contribution < 1.29 is 18.7 Å². The van der Waals surface area contributed by atoms with E-state index in [1.54, 1.807) is 31.4 Å². The highest BCUT2D eigenvalue weighted by Gasteiger charge is 2.24. The van der Waals surface area contributed by atoms with E-state index in [0.717, 1.165) is 77.0 Å². The Bertz CT molecular complexity index is 1830. The number of hydrazone groups is 1. The normalized spacial score (nSPS) is 15.8. The number of aryl methyl sites for hydroxylation is 1. The highest BCUT2D eigenvalue weighted by Crippen LogP contribution is 2.36. The fraction of sp³-hybridized carbons (Fsp3) is 0.489. The number of allylic oxidation sites excluding steroid dienone is 5. The number of alkyl halides is 1. The van der Waals surface area contributed by atoms with E-state index in [-0.39, 0.29) is 5.78 Å². The SMILES string of the molecule is CC.CC=C1C=C(Oc2ccc(Nc3ncnc4cc5c(nc34)N(CCCC)CC(C)CO5)cc2C)C=CN1/N=C\C.CCC.CCC(F)(/C=C/C(C)=O)CC. The number of carbonyl (C=O) groups excluding carboxylic acids is 1. The number of fused-ring (bicyclic) bond motifs is 2. The molecule has 0 spiro atoms. The second-order valence-electron chi connectivity index (χ2n) is 13.5. The van der Waals surface area contributed by atoms with Gasteiger partial charge in [-0.1, -0.05) is 74.3 Å². The Morgan fingerprint density at radius 3 is 2.45 bits per heavy atom. The third-order valence-corrected chi connectivity index (χ3v) is 8.62. The fourth-order valence-electron chi connectivity index (χ4n) is 5.53. The summed E-state index contributed by atoms with van der Waals surface area (Å²) in [5.41, 5.74) is 3.00. The number of hydrogen-bond acceptors (Lipinski definition) is 10. The predicted octanol–water partition coefficient (Wildman–Crippen LogP) is 11.8. The van der Waals surface area contributed by atoms with Gasteiger partial charge in [0.15, 0.2) is 23.2 Å². The number of rotatable bonds is 12. The largest absolute Gasteiger partial charge is 0.489 e. The van der Waals surface area contributed by atoms with Crippen molar-refractivity contribution in [3.8, 4) is 11.5 Å². The van der Waals surface area contributed by atoms with Gasteiger partial charge in [-0.15, -0.1) is 0 Å². The third-order valence-electron chi connectivity index (χ3n) is 8.62. The third kappa shape index (κ3) is 14.2. The number of nitrogens with zero attached hydrogens (tertiary/aromatic N) is 6. The number of halogens is 1. The average molecular weight is 772 g/mol. The van der Waals surface area contributed by atoms with Crippen LogP contribution in [-0.4, -0.2) is 57.3 Å². The molecule has 10 nitrogen and oxygen atoms in total. The molecule has 0 bridgehead atoms. The van der Waals surface area contributed by atoms with Crippen LogP contribution in [0.4, 0.5) is 21.7 Å². The van der Waals surface area contributed by atoms with E-state index in [1.807, 2.05) is 83.3 Å². The highest BCUT2D eigenvalue weighted by atomic mass is 19.1. The zero-order valence-corrected chi connectivity index (χ0v) is 35.9. The molecule has 1 atom stereocenters. The molecule has 56 heavy (non-hydrogen) atoms. The van der Waals surface area contributed by atoms with Crippen molar-refractivity contribution in [1.29, 1.82) is 0 Å². The molecule has 1 unspecified atom stereocenters. The molecule has 4 heterocycles. The molecular formula is C45H66FN7O3. The number of nitrogens with one attached hydrogen (secondary N) is 1. The van der Waals surface area contributed by atoms with E-state index in [4.69, 9.17) is 14.5 Å². The van der Waals surface area contributed by atoms with Gasteiger partial charge in [-0.05, 0) is 88.9 Å². The molecule has 2 aliphatic rings. The highest BCUT2D eigenvalue weighted by molar-refractivity contribution is 5.90. The van der Waals surface area contributed by atoms with E-state index in [0.29, 0.717) is 31.2 Å². The summed E-state index contributed by atoms with van der Waals surface area (Å²) >= 11 is 0. The van der Waals surface area contributed by atoms with Crippen LogP contribution in [-0.2, 0) is 4.79 Å². The summed E-state index contributed by atoms with van der Waals surface area (Å²) < 4.78 is 25.7. The fourth-order valence-corrected chi connectivity index (χ4v) is 5.53. The molecule has 2 aromatic heterocycles. The number of pyridine rings is 1. The number of aromatic nitrogens is 3. The van der Waals surface area contributed by atoms with Crippen LogP contribution in [0.15, 0.2) is 83.7 Å². The van der Waals surface area contributed by atoms with Gasteiger partial charge in [0.05, 0.1) is 17.8 Å². The summed E-state index contributed by atoms with van der Waals surface area (Å²) in [4.78, 5) is 26.9. The minimum absolute atomic E-state index is 0.103. The molecular weight excluding hydrogens is 706 g/mol. The van der Waals surface area contributed by atoms with Crippen LogP contribution in [0.5, 0.6) is 11.5 Å². The number of ether oxygens (including phenoxy) is 2. The molecule has 0 aliphatic carbocycles. The Kier molecular flexibility index (Phi) is 20.6. The van der Waals surface area contributed by atoms with E-state index in [9.17, 15) is 9.18 Å². The monoisotopic (exact) mass is 772 g/mol. The number of benzene rings is 1. The zero-order chi connectivity index (χ0) is 41.7. The lowest BCUT2D eigenvalue weighted by Crippen LogP contribution is -2.30. The maximum atomic E-state index is 13.4. The second-order valence-corrected chi connectivity index (χ2v) is 13.5. The first-order valence-corrected chi connectivity index (χ1v) is 20.3. The van der Waals surface area contributed by atoms with Crippen LogP contribution >= 0.6 is 0 Å². The summed E-state index contributed by atoms with van der Waals surface area (Å²) in [6.07, 6.45) is 18.0. The van der Waals surface area contributed by atoms with Crippen LogP contribution in [0.2, 0.25) is 0 Å². The minimum Gasteiger partial charge on any atom is -0.489 e. The Morgan fingerprint density at radius 2 is 1.84 bits per heavy atom. The standard InChI is InChI=1S/C31H37N7O2.C9H15FO.C3H8.C2H6/c1-6-9-13-37-18-21(4)19-39-28-17-26-29(36-31(28)37)30(33-20-32-26)35-23-10-11-27(22(5)15-23)40-25-12-14-38(34-8-3)24(7-2)16-25;1-4-9(10,5-2)7-6-8(3)11;1-3-2;1-2/h7-8,10-12,14-17,20-21H,6,9,13,18-19H2,1-5H3,(H,32,33,35);6-7H,4-5H2,1-3H3;3H2,1-2H3;1-2H3/b24-7?,34-8-;7-6+;;. The van der Waals surface area contributed by atoms with Gasteiger partial charge in [-0.3, -0.25) is 4.79 Å². The second kappa shape index (κ2) is 24.5. The van der Waals surface area contributed by atoms with Gasteiger partial charge in [0, 0.05) is 49.3 Å². The van der Waals surface area contributed by atoms with Crippen LogP contribution in [0, 0.1) is 12.8 Å². The molecule has 3 aromatic rings. The maximum absolute atomic E-state index is 13.4. The van der Waals surface area contributed by atoms with E-state index in [2.05, 4.69) is 53.0 Å². The Morgan fingerprint density at radius 1 is 1.12 bits per heavy atom. The van der Waals surface area contributed by atoms with E-state index in [1.165, 1.54) is 25.5 Å². The van der Waals surface area contributed by atoms with Gasteiger partial charge >= 0.3 is 0 Å². The van der Waals surface area contributed by atoms with Crippen molar-refractivity contribution in [2.75, 3.05) is 29.9 Å². The number of carbonyl (C=O) groups is 1. The van der Waals surface area contributed by atoms with Gasteiger partial charge in [-0.2, -0.15) is 5.10 Å². The lowest BCUT2D eigenvalue weighted by molar-refractivity contribution is -0.112. The topological polar surface area (TPSA) is 105 Å². The number of hydrogen-bond donors (Lipinski definition) is 1. The molecule has 0 saturated carbocycles. The van der Waals surface area contributed by atoms with Crippen LogP contribution in [0.3, 0.4) is 0 Å². The molecule has 0 saturated heterocycles. The maximum Gasteiger partial charge on any atom is 0.172 e. The number of anilines is 3.